The SMILES string of the molecule is C[C@@H]1CCC2C(C1)c1c(O)ccnc1OC2(C)C. The van der Waals surface area contributed by atoms with Crippen LogP contribution < -0.4 is 4.74 Å². The average Bonchev–Trinajstić information content (AvgIpc) is 2.27. The molecule has 18 heavy (non-hydrogen) atoms. The van der Waals surface area contributed by atoms with Gasteiger partial charge in [-0.2, -0.15) is 0 Å². The zero-order valence-electron chi connectivity index (χ0n) is 11.3. The van der Waals surface area contributed by atoms with Gasteiger partial charge in [0.15, 0.2) is 0 Å². The number of hydrogen-bond donors (Lipinski definition) is 1. The van der Waals surface area contributed by atoms with Gasteiger partial charge in [-0.05, 0) is 44.6 Å². The van der Waals surface area contributed by atoms with E-state index in [9.17, 15) is 5.11 Å². The standard InChI is InChI=1S/C15H21NO2/c1-9-4-5-11-10(8-9)13-12(17)6-7-16-14(13)18-15(11,2)3/h6-7,9-11H,4-5,8H2,1-3H3,(H,16,17)/t9-,10?,11?/m1/s1. The van der Waals surface area contributed by atoms with Crippen LogP contribution in [-0.2, 0) is 0 Å². The normalized spacial score (nSPS) is 33.2. The molecule has 0 radical (unpaired) electrons. The van der Waals surface area contributed by atoms with Gasteiger partial charge in [0.1, 0.15) is 11.4 Å². The lowest BCUT2D eigenvalue weighted by Gasteiger charge is -2.48. The van der Waals surface area contributed by atoms with Crippen LogP contribution in [0.4, 0.5) is 0 Å². The molecule has 3 atom stereocenters. The number of aromatic hydroxyl groups is 1. The molecule has 0 amide bonds. The van der Waals surface area contributed by atoms with Crippen molar-refractivity contribution in [3.05, 3.63) is 17.8 Å². The average molecular weight is 247 g/mol. The Balaban J connectivity index is 2.10. The van der Waals surface area contributed by atoms with Crippen LogP contribution in [0.1, 0.15) is 51.5 Å². The van der Waals surface area contributed by atoms with Crippen molar-refractivity contribution in [3.63, 3.8) is 0 Å². The summed E-state index contributed by atoms with van der Waals surface area (Å²) in [5.41, 5.74) is 0.756. The number of aromatic nitrogens is 1. The first kappa shape index (κ1) is 11.8. The molecule has 1 aliphatic heterocycles. The van der Waals surface area contributed by atoms with Crippen molar-refractivity contribution in [1.29, 1.82) is 0 Å². The van der Waals surface area contributed by atoms with Gasteiger partial charge < -0.3 is 9.84 Å². The highest BCUT2D eigenvalue weighted by Crippen LogP contribution is 2.54. The van der Waals surface area contributed by atoms with Gasteiger partial charge in [0.05, 0.1) is 5.56 Å². The fraction of sp³-hybridized carbons (Fsp3) is 0.667. The molecule has 98 valence electrons. The summed E-state index contributed by atoms with van der Waals surface area (Å²) in [6, 6.07) is 1.68. The van der Waals surface area contributed by atoms with Crippen LogP contribution in [-0.4, -0.2) is 15.7 Å². The Morgan fingerprint density at radius 1 is 1.39 bits per heavy atom. The highest BCUT2D eigenvalue weighted by atomic mass is 16.5. The van der Waals surface area contributed by atoms with Crippen molar-refractivity contribution in [2.75, 3.05) is 0 Å². The summed E-state index contributed by atoms with van der Waals surface area (Å²) in [5, 5.41) is 10.1. The van der Waals surface area contributed by atoms with Crippen LogP contribution in [0, 0.1) is 11.8 Å². The molecular formula is C15H21NO2. The van der Waals surface area contributed by atoms with E-state index >= 15 is 0 Å². The van der Waals surface area contributed by atoms with Gasteiger partial charge in [0.25, 0.3) is 0 Å². The fourth-order valence-electron chi connectivity index (χ4n) is 3.73. The number of pyridine rings is 1. The molecule has 0 spiro atoms. The van der Waals surface area contributed by atoms with Crippen molar-refractivity contribution >= 4 is 0 Å². The largest absolute Gasteiger partial charge is 0.507 e. The van der Waals surface area contributed by atoms with E-state index in [-0.39, 0.29) is 5.60 Å². The summed E-state index contributed by atoms with van der Waals surface area (Å²) in [6.07, 6.45) is 5.18. The second-order valence-electron chi connectivity index (χ2n) is 6.39. The predicted molar refractivity (Wildman–Crippen MR) is 69.9 cm³/mol. The molecule has 2 unspecified atom stereocenters. The first-order valence-corrected chi connectivity index (χ1v) is 6.86. The highest BCUT2D eigenvalue weighted by molar-refractivity contribution is 5.44. The fourth-order valence-corrected chi connectivity index (χ4v) is 3.73. The minimum absolute atomic E-state index is 0.182. The Kier molecular flexibility index (Phi) is 2.54. The molecule has 2 heterocycles. The molecule has 0 saturated heterocycles. The Hall–Kier alpha value is -1.25. The van der Waals surface area contributed by atoms with Gasteiger partial charge in [-0.3, -0.25) is 0 Å². The van der Waals surface area contributed by atoms with Gasteiger partial charge in [-0.25, -0.2) is 4.98 Å². The molecule has 2 aliphatic rings. The van der Waals surface area contributed by atoms with E-state index < -0.39 is 0 Å². The van der Waals surface area contributed by atoms with Gasteiger partial charge in [0.2, 0.25) is 5.88 Å². The van der Waals surface area contributed by atoms with Gasteiger partial charge in [-0.1, -0.05) is 13.3 Å². The van der Waals surface area contributed by atoms with Crippen molar-refractivity contribution < 1.29 is 9.84 Å². The lowest BCUT2D eigenvalue weighted by molar-refractivity contribution is -0.0185. The van der Waals surface area contributed by atoms with E-state index in [0.29, 0.717) is 29.4 Å². The molecule has 1 aromatic heterocycles. The van der Waals surface area contributed by atoms with Gasteiger partial charge >= 0.3 is 0 Å². The van der Waals surface area contributed by atoms with Crippen LogP contribution in [0.25, 0.3) is 0 Å². The Morgan fingerprint density at radius 2 is 2.17 bits per heavy atom. The zero-order valence-corrected chi connectivity index (χ0v) is 11.3. The number of hydrogen-bond acceptors (Lipinski definition) is 3. The number of ether oxygens (including phenoxy) is 1. The maximum atomic E-state index is 10.1. The second kappa shape index (κ2) is 3.87. The molecule has 0 aromatic carbocycles. The molecule has 3 nitrogen and oxygen atoms in total. The maximum Gasteiger partial charge on any atom is 0.221 e. The molecule has 1 aliphatic carbocycles. The summed E-state index contributed by atoms with van der Waals surface area (Å²) >= 11 is 0. The van der Waals surface area contributed by atoms with Crippen molar-refractivity contribution in [3.8, 4) is 11.6 Å². The third-order valence-corrected chi connectivity index (χ3v) is 4.67. The van der Waals surface area contributed by atoms with E-state index in [0.717, 1.165) is 12.0 Å². The lowest BCUT2D eigenvalue weighted by Crippen LogP contribution is -2.46. The van der Waals surface area contributed by atoms with E-state index in [1.807, 2.05) is 0 Å². The van der Waals surface area contributed by atoms with E-state index in [4.69, 9.17) is 4.74 Å². The zero-order chi connectivity index (χ0) is 12.9. The second-order valence-corrected chi connectivity index (χ2v) is 6.39. The molecular weight excluding hydrogens is 226 g/mol. The topological polar surface area (TPSA) is 42.4 Å². The van der Waals surface area contributed by atoms with Gasteiger partial charge in [-0.15, -0.1) is 0 Å². The quantitative estimate of drug-likeness (QED) is 0.763. The first-order valence-electron chi connectivity index (χ1n) is 6.86. The predicted octanol–water partition coefficient (Wildman–Crippen LogP) is 3.48. The first-order chi connectivity index (χ1) is 8.49. The van der Waals surface area contributed by atoms with Crippen LogP contribution in [0.15, 0.2) is 12.3 Å². The summed E-state index contributed by atoms with van der Waals surface area (Å²) in [5.74, 6) is 2.57. The van der Waals surface area contributed by atoms with Gasteiger partial charge in [0, 0.05) is 12.1 Å². The minimum Gasteiger partial charge on any atom is -0.507 e. The molecule has 1 saturated carbocycles. The third-order valence-electron chi connectivity index (χ3n) is 4.67. The number of rotatable bonds is 0. The van der Waals surface area contributed by atoms with Crippen LogP contribution in [0.3, 0.4) is 0 Å². The molecule has 1 N–H and O–H groups in total. The Labute approximate surface area is 108 Å². The summed E-state index contributed by atoms with van der Waals surface area (Å²) in [6.45, 7) is 6.59. The van der Waals surface area contributed by atoms with E-state index in [2.05, 4.69) is 25.8 Å². The molecule has 1 fully saturated rings. The monoisotopic (exact) mass is 247 g/mol. The lowest BCUT2D eigenvalue weighted by atomic mass is 9.64. The molecule has 1 aromatic rings. The molecule has 3 heteroatoms. The summed E-state index contributed by atoms with van der Waals surface area (Å²) < 4.78 is 6.03. The van der Waals surface area contributed by atoms with E-state index in [1.165, 1.54) is 12.8 Å². The van der Waals surface area contributed by atoms with Crippen LogP contribution in [0.5, 0.6) is 11.6 Å². The maximum absolute atomic E-state index is 10.1. The third kappa shape index (κ3) is 1.68. The summed E-state index contributed by atoms with van der Waals surface area (Å²) in [4.78, 5) is 4.31. The highest BCUT2D eigenvalue weighted by Gasteiger charge is 2.47. The van der Waals surface area contributed by atoms with Crippen molar-refractivity contribution in [2.45, 2.75) is 51.6 Å². The Bertz CT molecular complexity index is 470. The van der Waals surface area contributed by atoms with Crippen molar-refractivity contribution in [1.82, 2.24) is 4.98 Å². The molecule has 3 rings (SSSR count). The van der Waals surface area contributed by atoms with E-state index in [1.54, 1.807) is 12.3 Å². The van der Waals surface area contributed by atoms with Crippen LogP contribution in [0.2, 0.25) is 0 Å². The smallest absolute Gasteiger partial charge is 0.221 e. The van der Waals surface area contributed by atoms with Crippen molar-refractivity contribution in [2.24, 2.45) is 11.8 Å². The number of nitrogens with zero attached hydrogens (tertiary/aromatic N) is 1. The van der Waals surface area contributed by atoms with Crippen LogP contribution >= 0.6 is 0 Å². The Morgan fingerprint density at radius 3 is 2.94 bits per heavy atom. The molecule has 0 bridgehead atoms. The minimum atomic E-state index is -0.182. The summed E-state index contributed by atoms with van der Waals surface area (Å²) in [7, 11) is 0. The number of fused-ring (bicyclic) bond motifs is 3.